The van der Waals surface area contributed by atoms with Crippen molar-refractivity contribution in [2.45, 2.75) is 18.9 Å². The average molecular weight is 332 g/mol. The molecule has 2 aromatic rings. The van der Waals surface area contributed by atoms with Gasteiger partial charge in [-0.15, -0.1) is 11.3 Å². The fraction of sp³-hybridized carbons (Fsp3) is 0.375. The molecule has 1 unspecified atom stereocenters. The minimum Gasteiger partial charge on any atom is -0.366 e. The molecule has 1 aliphatic rings. The first-order chi connectivity index (χ1) is 11.1. The first-order valence-electron chi connectivity index (χ1n) is 7.58. The molecule has 6 nitrogen and oxygen atoms in total. The van der Waals surface area contributed by atoms with E-state index in [-0.39, 0.29) is 11.9 Å². The van der Waals surface area contributed by atoms with Gasteiger partial charge in [-0.05, 0) is 43.0 Å². The summed E-state index contributed by atoms with van der Waals surface area (Å²) in [6.07, 6.45) is 4.15. The number of aromatic nitrogens is 1. The Balaban J connectivity index is 1.66. The smallest absolute Gasteiger partial charge is 0.251 e. The molecule has 0 aromatic carbocycles. The number of thiophene rings is 1. The zero-order chi connectivity index (χ0) is 16.4. The molecule has 2 amide bonds. The molecule has 1 fully saturated rings. The lowest BCUT2D eigenvalue weighted by molar-refractivity contribution is -0.117. The third-order valence-corrected chi connectivity index (χ3v) is 5.05. The molecule has 1 aliphatic heterocycles. The van der Waals surface area contributed by atoms with Gasteiger partial charge < -0.3 is 15.6 Å². The van der Waals surface area contributed by atoms with E-state index in [0.29, 0.717) is 17.1 Å². The van der Waals surface area contributed by atoms with Gasteiger partial charge >= 0.3 is 0 Å². The van der Waals surface area contributed by atoms with Gasteiger partial charge in [0.15, 0.2) is 0 Å². The van der Waals surface area contributed by atoms with Gasteiger partial charge in [-0.3, -0.25) is 14.5 Å². The van der Waals surface area contributed by atoms with Crippen LogP contribution in [0, 0.1) is 0 Å². The van der Waals surface area contributed by atoms with Crippen LogP contribution in [0.5, 0.6) is 0 Å². The highest BCUT2D eigenvalue weighted by atomic mass is 32.1. The van der Waals surface area contributed by atoms with Crippen molar-refractivity contribution >= 4 is 28.2 Å². The van der Waals surface area contributed by atoms with E-state index < -0.39 is 5.91 Å². The van der Waals surface area contributed by atoms with Crippen molar-refractivity contribution < 1.29 is 9.59 Å². The van der Waals surface area contributed by atoms with E-state index in [1.807, 2.05) is 19.3 Å². The van der Waals surface area contributed by atoms with Crippen LogP contribution in [-0.2, 0) is 11.8 Å². The Morgan fingerprint density at radius 3 is 2.96 bits per heavy atom. The summed E-state index contributed by atoms with van der Waals surface area (Å²) in [5.74, 6) is -0.638. The average Bonchev–Trinajstić information content (AvgIpc) is 3.19. The summed E-state index contributed by atoms with van der Waals surface area (Å²) in [6.45, 7) is 1.21. The quantitative estimate of drug-likeness (QED) is 0.878. The number of carbonyl (C=O) groups is 2. The first-order valence-corrected chi connectivity index (χ1v) is 8.46. The van der Waals surface area contributed by atoms with E-state index in [1.54, 1.807) is 11.4 Å². The summed E-state index contributed by atoms with van der Waals surface area (Å²) in [5.41, 5.74) is 6.90. The van der Waals surface area contributed by atoms with E-state index >= 15 is 0 Å². The molecule has 0 bridgehead atoms. The maximum Gasteiger partial charge on any atom is 0.251 e. The Kier molecular flexibility index (Phi) is 4.49. The Bertz CT molecular complexity index is 721. The van der Waals surface area contributed by atoms with Crippen molar-refractivity contribution in [3.63, 3.8) is 0 Å². The molecule has 7 heteroatoms. The number of primary amides is 1. The number of amides is 2. The second-order valence-electron chi connectivity index (χ2n) is 5.75. The lowest BCUT2D eigenvalue weighted by atomic mass is 10.1. The number of carbonyl (C=O) groups excluding carboxylic acids is 2. The van der Waals surface area contributed by atoms with E-state index in [4.69, 9.17) is 5.73 Å². The maximum atomic E-state index is 12.3. The Morgan fingerprint density at radius 1 is 1.43 bits per heavy atom. The number of hydrogen-bond acceptors (Lipinski definition) is 4. The lowest BCUT2D eigenvalue weighted by Gasteiger charge is -2.24. The summed E-state index contributed by atoms with van der Waals surface area (Å²) in [7, 11) is 2.02. The zero-order valence-corrected chi connectivity index (χ0v) is 13.8. The van der Waals surface area contributed by atoms with Crippen molar-refractivity contribution in [1.29, 1.82) is 0 Å². The summed E-state index contributed by atoms with van der Waals surface area (Å²) in [5, 5.41) is 5.08. The normalized spacial score (nSPS) is 18.2. The van der Waals surface area contributed by atoms with Gasteiger partial charge in [-0.2, -0.15) is 0 Å². The van der Waals surface area contributed by atoms with Crippen LogP contribution >= 0.6 is 11.3 Å². The van der Waals surface area contributed by atoms with E-state index in [1.165, 1.54) is 17.0 Å². The molecule has 0 spiro atoms. The third-order valence-electron chi connectivity index (χ3n) is 4.22. The fourth-order valence-corrected chi connectivity index (χ4v) is 3.93. The predicted molar refractivity (Wildman–Crippen MR) is 90.4 cm³/mol. The molecule has 3 heterocycles. The molecule has 2 aromatic heterocycles. The number of nitrogens with two attached hydrogens (primary N) is 1. The second kappa shape index (κ2) is 6.55. The van der Waals surface area contributed by atoms with Gasteiger partial charge in [0.05, 0.1) is 18.2 Å². The largest absolute Gasteiger partial charge is 0.366 e. The van der Waals surface area contributed by atoms with Crippen LogP contribution < -0.4 is 11.1 Å². The highest BCUT2D eigenvalue weighted by molar-refractivity contribution is 7.14. The maximum absolute atomic E-state index is 12.3. The minimum atomic E-state index is -0.524. The Hall–Kier alpha value is -2.12. The van der Waals surface area contributed by atoms with E-state index in [9.17, 15) is 9.59 Å². The monoisotopic (exact) mass is 332 g/mol. The van der Waals surface area contributed by atoms with Crippen molar-refractivity contribution in [3.8, 4) is 0 Å². The number of aryl methyl sites for hydroxylation is 1. The topological polar surface area (TPSA) is 80.4 Å². The van der Waals surface area contributed by atoms with Crippen molar-refractivity contribution in [2.75, 3.05) is 18.4 Å². The summed E-state index contributed by atoms with van der Waals surface area (Å²) < 4.78 is 2.10. The standard InChI is InChI=1S/C16H20N4O2S/c1-19-7-2-4-12(19)13-5-3-8-20(13)10-14(21)18-16-11(15(17)22)6-9-23-16/h2,4,6-7,9,13H,3,5,8,10H2,1H3,(H2,17,22)(H,18,21). The summed E-state index contributed by atoms with van der Waals surface area (Å²) in [4.78, 5) is 25.8. The van der Waals surface area contributed by atoms with Crippen LogP contribution in [0.25, 0.3) is 0 Å². The SMILES string of the molecule is Cn1cccc1C1CCCN1CC(=O)Nc1sccc1C(N)=O. The third kappa shape index (κ3) is 3.30. The number of hydrogen-bond donors (Lipinski definition) is 2. The highest BCUT2D eigenvalue weighted by Crippen LogP contribution is 2.31. The van der Waals surface area contributed by atoms with Gasteiger partial charge in [-0.1, -0.05) is 0 Å². The summed E-state index contributed by atoms with van der Waals surface area (Å²) in [6, 6.07) is 6.02. The molecular weight excluding hydrogens is 312 g/mol. The van der Waals surface area contributed by atoms with Crippen LogP contribution in [0.1, 0.15) is 34.9 Å². The number of rotatable bonds is 5. The molecule has 1 atom stereocenters. The Labute approximate surface area is 138 Å². The molecule has 1 saturated heterocycles. The van der Waals surface area contributed by atoms with Gasteiger partial charge in [0.2, 0.25) is 5.91 Å². The Morgan fingerprint density at radius 2 is 2.26 bits per heavy atom. The van der Waals surface area contributed by atoms with Crippen LogP contribution in [0.2, 0.25) is 0 Å². The molecule has 3 N–H and O–H groups in total. The van der Waals surface area contributed by atoms with Crippen LogP contribution in [-0.4, -0.2) is 34.4 Å². The first kappa shape index (κ1) is 15.8. The number of anilines is 1. The number of nitrogens with zero attached hydrogens (tertiary/aromatic N) is 2. The van der Waals surface area contributed by atoms with Crippen molar-refractivity contribution in [3.05, 3.63) is 41.0 Å². The fourth-order valence-electron chi connectivity index (χ4n) is 3.12. The number of nitrogens with one attached hydrogen (secondary N) is 1. The van der Waals surface area contributed by atoms with Gasteiger partial charge in [0.25, 0.3) is 5.91 Å². The summed E-state index contributed by atoms with van der Waals surface area (Å²) >= 11 is 1.31. The zero-order valence-electron chi connectivity index (χ0n) is 13.0. The molecule has 0 saturated carbocycles. The van der Waals surface area contributed by atoms with Crippen molar-refractivity contribution in [1.82, 2.24) is 9.47 Å². The van der Waals surface area contributed by atoms with E-state index in [2.05, 4.69) is 20.9 Å². The van der Waals surface area contributed by atoms with Crippen LogP contribution in [0.15, 0.2) is 29.8 Å². The molecule has 122 valence electrons. The highest BCUT2D eigenvalue weighted by Gasteiger charge is 2.29. The van der Waals surface area contributed by atoms with Crippen LogP contribution in [0.4, 0.5) is 5.00 Å². The second-order valence-corrected chi connectivity index (χ2v) is 6.66. The molecule has 3 rings (SSSR count). The van der Waals surface area contributed by atoms with E-state index in [0.717, 1.165) is 19.4 Å². The predicted octanol–water partition coefficient (Wildman–Crippen LogP) is 1.96. The molecule has 0 radical (unpaired) electrons. The van der Waals surface area contributed by atoms with Gasteiger partial charge in [0, 0.05) is 18.9 Å². The lowest BCUT2D eigenvalue weighted by Crippen LogP contribution is -2.33. The van der Waals surface area contributed by atoms with Gasteiger partial charge in [-0.25, -0.2) is 0 Å². The molecule has 23 heavy (non-hydrogen) atoms. The van der Waals surface area contributed by atoms with Crippen molar-refractivity contribution in [2.24, 2.45) is 12.8 Å². The molecular formula is C16H20N4O2S. The van der Waals surface area contributed by atoms with Crippen LogP contribution in [0.3, 0.4) is 0 Å². The molecule has 0 aliphatic carbocycles. The number of likely N-dealkylation sites (tertiary alicyclic amines) is 1. The minimum absolute atomic E-state index is 0.115. The van der Waals surface area contributed by atoms with Gasteiger partial charge in [0.1, 0.15) is 5.00 Å².